The topological polar surface area (TPSA) is 101 Å². The lowest BCUT2D eigenvalue weighted by molar-refractivity contribution is -0.119. The van der Waals surface area contributed by atoms with E-state index in [0.29, 0.717) is 24.3 Å². The van der Waals surface area contributed by atoms with Gasteiger partial charge in [0, 0.05) is 17.9 Å². The average Bonchev–Trinajstić information content (AvgIpc) is 2.31. The van der Waals surface area contributed by atoms with Crippen molar-refractivity contribution in [3.63, 3.8) is 0 Å². The van der Waals surface area contributed by atoms with E-state index in [4.69, 9.17) is 5.73 Å². The number of anilines is 2. The Morgan fingerprint density at radius 2 is 1.79 bits per heavy atom. The first-order valence-corrected chi connectivity index (χ1v) is 7.83. The van der Waals surface area contributed by atoms with Crippen LogP contribution >= 0.6 is 0 Å². The van der Waals surface area contributed by atoms with Crippen LogP contribution in [0.2, 0.25) is 0 Å². The molecule has 1 aromatic rings. The third-order valence-corrected chi connectivity index (χ3v) is 3.21. The summed E-state index contributed by atoms with van der Waals surface area (Å²) in [5.41, 5.74) is 6.55. The fraction of sp³-hybridized carbons (Fsp3) is 0.417. The molecule has 0 heterocycles. The van der Waals surface area contributed by atoms with Gasteiger partial charge in [-0.1, -0.05) is 6.92 Å². The van der Waals surface area contributed by atoms with Gasteiger partial charge in [0.1, 0.15) is 0 Å². The number of carbonyl (C=O) groups is 1. The van der Waals surface area contributed by atoms with Crippen LogP contribution in [0, 0.1) is 5.92 Å². The minimum atomic E-state index is -3.29. The fourth-order valence-corrected chi connectivity index (χ4v) is 2.10. The van der Waals surface area contributed by atoms with Crippen molar-refractivity contribution in [3.8, 4) is 0 Å². The minimum absolute atomic E-state index is 0.131. The molecule has 0 spiro atoms. The highest BCUT2D eigenvalue weighted by Crippen LogP contribution is 2.15. The molecule has 0 radical (unpaired) electrons. The van der Waals surface area contributed by atoms with E-state index in [9.17, 15) is 13.2 Å². The highest BCUT2D eigenvalue weighted by molar-refractivity contribution is 7.92. The Hall–Kier alpha value is -1.60. The minimum Gasteiger partial charge on any atom is -0.330 e. The normalized spacial score (nSPS) is 12.8. The number of amides is 1. The van der Waals surface area contributed by atoms with Crippen LogP contribution in [-0.2, 0) is 14.8 Å². The summed E-state index contributed by atoms with van der Waals surface area (Å²) in [6, 6.07) is 6.43. The van der Waals surface area contributed by atoms with Gasteiger partial charge in [-0.25, -0.2) is 8.42 Å². The Labute approximate surface area is 113 Å². The summed E-state index contributed by atoms with van der Waals surface area (Å²) < 4.78 is 24.4. The number of nitrogens with two attached hydrogens (primary N) is 1. The largest absolute Gasteiger partial charge is 0.330 e. The van der Waals surface area contributed by atoms with E-state index in [1.165, 1.54) is 0 Å². The van der Waals surface area contributed by atoms with E-state index < -0.39 is 10.0 Å². The zero-order chi connectivity index (χ0) is 14.5. The third-order valence-electron chi connectivity index (χ3n) is 2.60. The van der Waals surface area contributed by atoms with Gasteiger partial charge in [0.25, 0.3) is 0 Å². The van der Waals surface area contributed by atoms with Crippen molar-refractivity contribution >= 4 is 27.3 Å². The number of rotatable bonds is 6. The lowest BCUT2D eigenvalue weighted by atomic mass is 10.1. The summed E-state index contributed by atoms with van der Waals surface area (Å²) in [4.78, 5) is 11.8. The molecule has 19 heavy (non-hydrogen) atoms. The van der Waals surface area contributed by atoms with Gasteiger partial charge in [-0.2, -0.15) is 0 Å². The van der Waals surface area contributed by atoms with Crippen molar-refractivity contribution in [3.05, 3.63) is 24.3 Å². The van der Waals surface area contributed by atoms with Crippen LogP contribution in [0.4, 0.5) is 11.4 Å². The molecule has 0 aliphatic carbocycles. The molecule has 1 amide bonds. The van der Waals surface area contributed by atoms with Crippen LogP contribution in [0.15, 0.2) is 24.3 Å². The molecule has 0 aliphatic rings. The quantitative estimate of drug-likeness (QED) is 0.725. The lowest BCUT2D eigenvalue weighted by Crippen LogP contribution is -2.28. The number of benzene rings is 1. The van der Waals surface area contributed by atoms with Crippen LogP contribution in [0.25, 0.3) is 0 Å². The fourth-order valence-electron chi connectivity index (χ4n) is 1.54. The molecular formula is C12H19N3O3S. The number of hydrogen-bond acceptors (Lipinski definition) is 4. The van der Waals surface area contributed by atoms with Crippen LogP contribution in [0.3, 0.4) is 0 Å². The Morgan fingerprint density at radius 1 is 1.26 bits per heavy atom. The van der Waals surface area contributed by atoms with Crippen LogP contribution < -0.4 is 15.8 Å². The lowest BCUT2D eigenvalue weighted by Gasteiger charge is -2.13. The first kappa shape index (κ1) is 15.5. The van der Waals surface area contributed by atoms with Gasteiger partial charge in [0.2, 0.25) is 15.9 Å². The van der Waals surface area contributed by atoms with Gasteiger partial charge in [0.15, 0.2) is 0 Å². The van der Waals surface area contributed by atoms with Gasteiger partial charge in [-0.15, -0.1) is 0 Å². The van der Waals surface area contributed by atoms with Gasteiger partial charge >= 0.3 is 0 Å². The van der Waals surface area contributed by atoms with Gasteiger partial charge in [-0.05, 0) is 30.7 Å². The van der Waals surface area contributed by atoms with Gasteiger partial charge < -0.3 is 11.1 Å². The van der Waals surface area contributed by atoms with E-state index in [-0.39, 0.29) is 11.8 Å². The van der Waals surface area contributed by atoms with Crippen molar-refractivity contribution in [2.24, 2.45) is 11.7 Å². The highest BCUT2D eigenvalue weighted by atomic mass is 32.2. The molecule has 6 nitrogen and oxygen atoms in total. The molecule has 1 aromatic carbocycles. The van der Waals surface area contributed by atoms with Crippen LogP contribution in [-0.4, -0.2) is 27.1 Å². The van der Waals surface area contributed by atoms with Crippen molar-refractivity contribution in [1.82, 2.24) is 0 Å². The standard InChI is InChI=1S/C12H19N3O3S/c1-3-9(8-13)12(16)14-10-4-6-11(7-5-10)15-19(2,17)18/h4-7,9,15H,3,8,13H2,1-2H3,(H,14,16). The van der Waals surface area contributed by atoms with Crippen LogP contribution in [0.5, 0.6) is 0 Å². The molecule has 0 bridgehead atoms. The Morgan fingerprint density at radius 3 is 2.21 bits per heavy atom. The maximum atomic E-state index is 11.8. The predicted molar refractivity (Wildman–Crippen MR) is 76.4 cm³/mol. The van der Waals surface area contributed by atoms with Crippen molar-refractivity contribution in [1.29, 1.82) is 0 Å². The van der Waals surface area contributed by atoms with Crippen molar-refractivity contribution < 1.29 is 13.2 Å². The molecule has 7 heteroatoms. The summed E-state index contributed by atoms with van der Waals surface area (Å²) in [6.45, 7) is 2.20. The monoisotopic (exact) mass is 285 g/mol. The maximum Gasteiger partial charge on any atom is 0.229 e. The molecule has 0 saturated carbocycles. The number of nitrogens with one attached hydrogen (secondary N) is 2. The summed E-state index contributed by atoms with van der Waals surface area (Å²) in [5.74, 6) is -0.345. The molecule has 0 aromatic heterocycles. The van der Waals surface area contributed by atoms with E-state index in [0.717, 1.165) is 6.26 Å². The van der Waals surface area contributed by atoms with E-state index in [2.05, 4.69) is 10.0 Å². The first-order valence-electron chi connectivity index (χ1n) is 5.94. The molecule has 4 N–H and O–H groups in total. The zero-order valence-electron chi connectivity index (χ0n) is 11.0. The molecule has 0 saturated heterocycles. The molecule has 0 aliphatic heterocycles. The molecule has 1 atom stereocenters. The first-order chi connectivity index (χ1) is 8.85. The maximum absolute atomic E-state index is 11.8. The second kappa shape index (κ2) is 6.53. The second-order valence-electron chi connectivity index (χ2n) is 4.28. The SMILES string of the molecule is CCC(CN)C(=O)Nc1ccc(NS(C)(=O)=O)cc1. The molecule has 1 rings (SSSR count). The van der Waals surface area contributed by atoms with E-state index >= 15 is 0 Å². The smallest absolute Gasteiger partial charge is 0.229 e. The molecule has 106 valence electrons. The average molecular weight is 285 g/mol. The third kappa shape index (κ3) is 5.27. The number of carbonyl (C=O) groups excluding carboxylic acids is 1. The van der Waals surface area contributed by atoms with E-state index in [1.807, 2.05) is 6.92 Å². The summed E-state index contributed by atoms with van der Waals surface area (Å²) >= 11 is 0. The molecule has 1 unspecified atom stereocenters. The number of hydrogen-bond donors (Lipinski definition) is 3. The van der Waals surface area contributed by atoms with Gasteiger partial charge in [0.05, 0.1) is 12.2 Å². The Balaban J connectivity index is 2.69. The Bertz CT molecular complexity index is 522. The van der Waals surface area contributed by atoms with Crippen molar-refractivity contribution in [2.75, 3.05) is 22.8 Å². The molecular weight excluding hydrogens is 266 g/mol. The molecule has 0 fully saturated rings. The number of sulfonamides is 1. The van der Waals surface area contributed by atoms with Gasteiger partial charge in [-0.3, -0.25) is 9.52 Å². The Kier molecular flexibility index (Phi) is 5.31. The van der Waals surface area contributed by atoms with Crippen molar-refractivity contribution in [2.45, 2.75) is 13.3 Å². The van der Waals surface area contributed by atoms with Crippen LogP contribution in [0.1, 0.15) is 13.3 Å². The second-order valence-corrected chi connectivity index (χ2v) is 6.03. The predicted octanol–water partition coefficient (Wildman–Crippen LogP) is 0.981. The summed E-state index contributed by atoms with van der Waals surface area (Å²) in [7, 11) is -3.29. The summed E-state index contributed by atoms with van der Waals surface area (Å²) in [6.07, 6.45) is 1.76. The summed E-state index contributed by atoms with van der Waals surface area (Å²) in [5, 5.41) is 2.74. The highest BCUT2D eigenvalue weighted by Gasteiger charge is 2.14. The van der Waals surface area contributed by atoms with E-state index in [1.54, 1.807) is 24.3 Å². The zero-order valence-corrected chi connectivity index (χ0v) is 11.8.